The molecule has 0 fully saturated rings. The molecule has 0 aromatic carbocycles. The number of pyridine rings is 1. The first-order valence-corrected chi connectivity index (χ1v) is 4.81. The van der Waals surface area contributed by atoms with Crippen LogP contribution >= 0.6 is 0 Å². The summed E-state index contributed by atoms with van der Waals surface area (Å²) in [5, 5.41) is 13.2. The van der Waals surface area contributed by atoms with E-state index in [-0.39, 0.29) is 5.69 Å². The van der Waals surface area contributed by atoms with Gasteiger partial charge in [-0.15, -0.1) is 0 Å². The summed E-state index contributed by atoms with van der Waals surface area (Å²) in [5.41, 5.74) is -1.78. The number of nitro groups is 1. The molecule has 1 rings (SSSR count). The van der Waals surface area contributed by atoms with Gasteiger partial charge in [-0.05, 0) is 12.5 Å². The highest BCUT2D eigenvalue weighted by atomic mass is 19.4. The summed E-state index contributed by atoms with van der Waals surface area (Å²) in [6, 6.07) is 0.647. The van der Waals surface area contributed by atoms with Gasteiger partial charge in [0.2, 0.25) is 0 Å². The highest BCUT2D eigenvalue weighted by Gasteiger charge is 2.34. The Morgan fingerprint density at radius 3 is 2.65 bits per heavy atom. The molecule has 94 valence electrons. The molecule has 0 spiro atoms. The van der Waals surface area contributed by atoms with Crippen LogP contribution in [0, 0.1) is 10.1 Å². The number of nitrogens with zero attached hydrogens (tertiary/aromatic N) is 2. The summed E-state index contributed by atoms with van der Waals surface area (Å²) in [6.07, 6.45) is -3.36. The van der Waals surface area contributed by atoms with Gasteiger partial charge in [0.25, 0.3) is 0 Å². The lowest BCUT2D eigenvalue weighted by atomic mass is 10.2. The maximum atomic E-state index is 12.4. The average molecular weight is 249 g/mol. The Hall–Kier alpha value is -1.86. The standard InChI is InChI=1S/C9H10F3N3O2/c1-2-3-13-6-4-8(9(10,11)12)14-5-7(6)15(16)17/h4-5H,2-3H2,1H3,(H,13,14). The lowest BCUT2D eigenvalue weighted by Crippen LogP contribution is -2.11. The molecular formula is C9H10F3N3O2. The lowest BCUT2D eigenvalue weighted by Gasteiger charge is -2.09. The zero-order valence-corrected chi connectivity index (χ0v) is 8.91. The van der Waals surface area contributed by atoms with Crippen molar-refractivity contribution in [2.75, 3.05) is 11.9 Å². The molecule has 0 aliphatic heterocycles. The summed E-state index contributed by atoms with van der Waals surface area (Å²) in [6.45, 7) is 2.15. The van der Waals surface area contributed by atoms with Crippen LogP contribution in [0.15, 0.2) is 12.3 Å². The summed E-state index contributed by atoms with van der Waals surface area (Å²) in [5.74, 6) is 0. The molecular weight excluding hydrogens is 239 g/mol. The number of rotatable bonds is 4. The Morgan fingerprint density at radius 1 is 1.53 bits per heavy atom. The Morgan fingerprint density at radius 2 is 2.18 bits per heavy atom. The van der Waals surface area contributed by atoms with E-state index >= 15 is 0 Å². The van der Waals surface area contributed by atoms with E-state index in [0.717, 1.165) is 0 Å². The zero-order valence-electron chi connectivity index (χ0n) is 8.91. The molecule has 8 heteroatoms. The highest BCUT2D eigenvalue weighted by molar-refractivity contribution is 5.61. The third-order valence-electron chi connectivity index (χ3n) is 1.94. The first-order chi connectivity index (χ1) is 7.86. The molecule has 5 nitrogen and oxygen atoms in total. The number of alkyl halides is 3. The Balaban J connectivity index is 3.14. The minimum atomic E-state index is -4.61. The van der Waals surface area contributed by atoms with Gasteiger partial charge in [-0.25, -0.2) is 4.98 Å². The third kappa shape index (κ3) is 3.30. The molecule has 1 heterocycles. The van der Waals surface area contributed by atoms with Crippen molar-refractivity contribution < 1.29 is 18.1 Å². The number of hydrogen-bond donors (Lipinski definition) is 1. The van der Waals surface area contributed by atoms with Gasteiger partial charge in [-0.3, -0.25) is 10.1 Å². The number of halogens is 3. The lowest BCUT2D eigenvalue weighted by molar-refractivity contribution is -0.384. The fourth-order valence-electron chi connectivity index (χ4n) is 1.15. The second-order valence-corrected chi connectivity index (χ2v) is 3.27. The molecule has 0 unspecified atom stereocenters. The normalized spacial score (nSPS) is 11.3. The molecule has 0 saturated heterocycles. The maximum Gasteiger partial charge on any atom is 0.433 e. The summed E-state index contributed by atoms with van der Waals surface area (Å²) in [7, 11) is 0. The smallest absolute Gasteiger partial charge is 0.379 e. The minimum Gasteiger partial charge on any atom is -0.379 e. The molecule has 0 aliphatic carbocycles. The van der Waals surface area contributed by atoms with Crippen LogP contribution in [0.2, 0.25) is 0 Å². The molecule has 1 aromatic rings. The van der Waals surface area contributed by atoms with Crippen LogP contribution in [-0.2, 0) is 6.18 Å². The predicted molar refractivity (Wildman–Crippen MR) is 54.7 cm³/mol. The van der Waals surface area contributed by atoms with Gasteiger partial charge in [0, 0.05) is 6.54 Å². The van der Waals surface area contributed by atoms with Gasteiger partial charge < -0.3 is 5.32 Å². The maximum absolute atomic E-state index is 12.4. The first-order valence-electron chi connectivity index (χ1n) is 4.81. The number of aromatic nitrogens is 1. The van der Waals surface area contributed by atoms with Crippen molar-refractivity contribution in [1.82, 2.24) is 4.98 Å². The molecule has 0 radical (unpaired) electrons. The molecule has 0 atom stereocenters. The molecule has 1 N–H and O–H groups in total. The van der Waals surface area contributed by atoms with E-state index in [0.29, 0.717) is 25.2 Å². The van der Waals surface area contributed by atoms with Crippen LogP contribution in [-0.4, -0.2) is 16.5 Å². The van der Waals surface area contributed by atoms with Crippen molar-refractivity contribution >= 4 is 11.4 Å². The molecule has 0 saturated carbocycles. The quantitative estimate of drug-likeness (QED) is 0.658. The minimum absolute atomic E-state index is 0.167. The fourth-order valence-corrected chi connectivity index (χ4v) is 1.15. The van der Waals surface area contributed by atoms with Crippen molar-refractivity contribution in [2.45, 2.75) is 19.5 Å². The van der Waals surface area contributed by atoms with Crippen LogP contribution in [0.3, 0.4) is 0 Å². The zero-order chi connectivity index (χ0) is 13.1. The fraction of sp³-hybridized carbons (Fsp3) is 0.444. The van der Waals surface area contributed by atoms with Crippen molar-refractivity contribution in [3.63, 3.8) is 0 Å². The molecule has 0 amide bonds. The van der Waals surface area contributed by atoms with Gasteiger partial charge in [-0.2, -0.15) is 13.2 Å². The molecule has 0 bridgehead atoms. The number of nitrogens with one attached hydrogen (secondary N) is 1. The largest absolute Gasteiger partial charge is 0.433 e. The van der Waals surface area contributed by atoms with E-state index in [4.69, 9.17) is 0 Å². The third-order valence-corrected chi connectivity index (χ3v) is 1.94. The van der Waals surface area contributed by atoms with Crippen LogP contribution < -0.4 is 5.32 Å². The van der Waals surface area contributed by atoms with E-state index in [1.54, 1.807) is 6.92 Å². The monoisotopic (exact) mass is 249 g/mol. The summed E-state index contributed by atoms with van der Waals surface area (Å²) in [4.78, 5) is 12.9. The Labute approximate surface area is 94.8 Å². The Kier molecular flexibility index (Phi) is 3.87. The first kappa shape index (κ1) is 13.2. The van der Waals surface area contributed by atoms with Crippen molar-refractivity contribution in [1.29, 1.82) is 0 Å². The summed E-state index contributed by atoms with van der Waals surface area (Å²) < 4.78 is 37.1. The van der Waals surface area contributed by atoms with Gasteiger partial charge in [0.15, 0.2) is 0 Å². The van der Waals surface area contributed by atoms with E-state index in [1.807, 2.05) is 0 Å². The van der Waals surface area contributed by atoms with Gasteiger partial charge in [0.05, 0.1) is 4.92 Å². The predicted octanol–water partition coefficient (Wildman–Crippen LogP) is 2.83. The van der Waals surface area contributed by atoms with E-state index in [9.17, 15) is 23.3 Å². The second kappa shape index (κ2) is 4.98. The second-order valence-electron chi connectivity index (χ2n) is 3.27. The van der Waals surface area contributed by atoms with Crippen molar-refractivity contribution in [3.8, 4) is 0 Å². The molecule has 0 aliphatic rings. The topological polar surface area (TPSA) is 68.1 Å². The van der Waals surface area contributed by atoms with Gasteiger partial charge in [-0.1, -0.05) is 6.92 Å². The van der Waals surface area contributed by atoms with Crippen LogP contribution in [0.5, 0.6) is 0 Å². The number of hydrogen-bond acceptors (Lipinski definition) is 4. The Bertz CT molecular complexity index is 420. The molecule has 1 aromatic heterocycles. The highest BCUT2D eigenvalue weighted by Crippen LogP contribution is 2.32. The van der Waals surface area contributed by atoms with Gasteiger partial charge in [0.1, 0.15) is 17.6 Å². The van der Waals surface area contributed by atoms with Gasteiger partial charge >= 0.3 is 11.9 Å². The molecule has 17 heavy (non-hydrogen) atoms. The van der Waals surface area contributed by atoms with E-state index in [1.165, 1.54) is 0 Å². The number of anilines is 1. The average Bonchev–Trinajstić information content (AvgIpc) is 2.24. The van der Waals surface area contributed by atoms with Crippen LogP contribution in [0.25, 0.3) is 0 Å². The van der Waals surface area contributed by atoms with Crippen molar-refractivity contribution in [3.05, 3.63) is 28.1 Å². The summed E-state index contributed by atoms with van der Waals surface area (Å²) >= 11 is 0. The van der Waals surface area contributed by atoms with Crippen molar-refractivity contribution in [2.24, 2.45) is 0 Å². The van der Waals surface area contributed by atoms with E-state index < -0.39 is 22.5 Å². The SMILES string of the molecule is CCCNc1cc(C(F)(F)F)ncc1[N+](=O)[O-]. The van der Waals surface area contributed by atoms with Crippen LogP contribution in [0.1, 0.15) is 19.0 Å². The van der Waals surface area contributed by atoms with E-state index in [2.05, 4.69) is 10.3 Å². The van der Waals surface area contributed by atoms with Crippen LogP contribution in [0.4, 0.5) is 24.5 Å².